The highest BCUT2D eigenvalue weighted by molar-refractivity contribution is 5.80. The number of carbonyl (C=O) groups is 1. The lowest BCUT2D eigenvalue weighted by molar-refractivity contribution is -0.144. The van der Waals surface area contributed by atoms with Crippen LogP contribution in [-0.2, 0) is 10.3 Å². The van der Waals surface area contributed by atoms with E-state index < -0.39 is 17.6 Å². The molecule has 0 saturated heterocycles. The molecule has 2 atom stereocenters. The molecule has 0 radical (unpaired) electrons. The van der Waals surface area contributed by atoms with Crippen LogP contribution in [0.2, 0.25) is 0 Å². The van der Waals surface area contributed by atoms with E-state index in [1.807, 2.05) is 18.2 Å². The molecule has 0 spiro atoms. The van der Waals surface area contributed by atoms with Crippen molar-refractivity contribution < 1.29 is 19.7 Å². The zero-order valence-electron chi connectivity index (χ0n) is 13.2. The van der Waals surface area contributed by atoms with Gasteiger partial charge in [0.05, 0.1) is 13.2 Å². The first kappa shape index (κ1) is 17.0. The third-order valence-electron chi connectivity index (χ3n) is 3.93. The van der Waals surface area contributed by atoms with Crippen molar-refractivity contribution in [2.75, 3.05) is 13.7 Å². The van der Waals surface area contributed by atoms with Crippen LogP contribution in [-0.4, -0.2) is 29.8 Å². The number of aliphatic carboxylic acids is 1. The molecule has 0 bridgehead atoms. The Morgan fingerprint density at radius 1 is 1.17 bits per heavy atom. The van der Waals surface area contributed by atoms with Gasteiger partial charge < -0.3 is 14.9 Å². The van der Waals surface area contributed by atoms with Gasteiger partial charge in [-0.15, -0.1) is 0 Å². The summed E-state index contributed by atoms with van der Waals surface area (Å²) in [6, 6.07) is 16.0. The highest BCUT2D eigenvalue weighted by Crippen LogP contribution is 2.24. The molecule has 0 aliphatic rings. The van der Waals surface area contributed by atoms with Gasteiger partial charge in [-0.05, 0) is 30.2 Å². The lowest BCUT2D eigenvalue weighted by atomic mass is 9.91. The summed E-state index contributed by atoms with van der Waals surface area (Å²) in [6.07, 6.45) is -0.784. The summed E-state index contributed by atoms with van der Waals surface area (Å²) in [4.78, 5) is 11.7. The largest absolute Gasteiger partial charge is 0.497 e. The van der Waals surface area contributed by atoms with Gasteiger partial charge in [-0.1, -0.05) is 42.5 Å². The molecule has 5 heteroatoms. The first-order valence-electron chi connectivity index (χ1n) is 7.33. The Labute approximate surface area is 135 Å². The molecular formula is C18H21NO4. The molecule has 0 saturated carbocycles. The first-order valence-corrected chi connectivity index (χ1v) is 7.33. The molecule has 0 aromatic heterocycles. The molecule has 0 heterocycles. The van der Waals surface area contributed by atoms with Crippen molar-refractivity contribution in [3.63, 3.8) is 0 Å². The van der Waals surface area contributed by atoms with Crippen molar-refractivity contribution in [2.45, 2.75) is 18.6 Å². The number of carboxylic acid groups (broad SMARTS) is 1. The van der Waals surface area contributed by atoms with Crippen LogP contribution in [0.5, 0.6) is 5.75 Å². The molecule has 5 nitrogen and oxygen atoms in total. The minimum Gasteiger partial charge on any atom is -0.497 e. The third-order valence-corrected chi connectivity index (χ3v) is 3.93. The zero-order valence-corrected chi connectivity index (χ0v) is 13.2. The number of ether oxygens (including phenoxy) is 1. The maximum Gasteiger partial charge on any atom is 0.328 e. The number of hydrogen-bond acceptors (Lipinski definition) is 4. The molecule has 122 valence electrons. The Kier molecular flexibility index (Phi) is 5.36. The van der Waals surface area contributed by atoms with Crippen molar-refractivity contribution >= 4 is 5.97 Å². The van der Waals surface area contributed by atoms with E-state index in [0.29, 0.717) is 11.3 Å². The molecule has 0 unspecified atom stereocenters. The van der Waals surface area contributed by atoms with Crippen molar-refractivity contribution in [1.29, 1.82) is 0 Å². The molecule has 3 N–H and O–H groups in total. The van der Waals surface area contributed by atoms with Gasteiger partial charge in [0, 0.05) is 6.54 Å². The third kappa shape index (κ3) is 3.88. The second-order valence-corrected chi connectivity index (χ2v) is 5.47. The molecule has 0 amide bonds. The van der Waals surface area contributed by atoms with Gasteiger partial charge in [-0.3, -0.25) is 5.32 Å². The van der Waals surface area contributed by atoms with Crippen LogP contribution in [0.3, 0.4) is 0 Å². The van der Waals surface area contributed by atoms with Crippen molar-refractivity contribution in [3.8, 4) is 5.75 Å². The lowest BCUT2D eigenvalue weighted by Gasteiger charge is -2.28. The Balaban J connectivity index is 2.15. The van der Waals surface area contributed by atoms with Crippen LogP contribution in [0.25, 0.3) is 0 Å². The molecular weight excluding hydrogens is 294 g/mol. The Morgan fingerprint density at radius 3 is 2.30 bits per heavy atom. The fraction of sp³-hybridized carbons (Fsp3) is 0.278. The average molecular weight is 315 g/mol. The number of rotatable bonds is 7. The number of hydrogen-bond donors (Lipinski definition) is 3. The highest BCUT2D eigenvalue weighted by Gasteiger charge is 2.35. The van der Waals surface area contributed by atoms with E-state index in [1.165, 1.54) is 0 Å². The highest BCUT2D eigenvalue weighted by atomic mass is 16.5. The fourth-order valence-corrected chi connectivity index (χ4v) is 2.32. The Bertz CT molecular complexity index is 642. The van der Waals surface area contributed by atoms with Gasteiger partial charge in [0.2, 0.25) is 0 Å². The lowest BCUT2D eigenvalue weighted by Crippen LogP contribution is -2.48. The van der Waals surface area contributed by atoms with Crippen molar-refractivity contribution in [3.05, 3.63) is 65.7 Å². The number of aliphatic hydroxyl groups is 1. The van der Waals surface area contributed by atoms with Gasteiger partial charge in [0.1, 0.15) is 11.3 Å². The van der Waals surface area contributed by atoms with Gasteiger partial charge in [-0.2, -0.15) is 0 Å². The summed E-state index contributed by atoms with van der Waals surface area (Å²) < 4.78 is 5.09. The van der Waals surface area contributed by atoms with Gasteiger partial charge in [0.15, 0.2) is 0 Å². The molecule has 2 aromatic rings. The summed E-state index contributed by atoms with van der Waals surface area (Å²) in [5, 5.41) is 22.8. The summed E-state index contributed by atoms with van der Waals surface area (Å²) in [5.41, 5.74) is 0.0238. The predicted molar refractivity (Wildman–Crippen MR) is 87.4 cm³/mol. The SMILES string of the molecule is COc1ccc([C@](C)(NC[C@H](O)c2ccccc2)C(=O)O)cc1. The maximum absolute atomic E-state index is 11.7. The van der Waals surface area contributed by atoms with Crippen LogP contribution in [0.4, 0.5) is 0 Å². The number of aliphatic hydroxyl groups excluding tert-OH is 1. The van der Waals surface area contributed by atoms with Gasteiger partial charge in [0.25, 0.3) is 0 Å². The fourth-order valence-electron chi connectivity index (χ4n) is 2.32. The monoisotopic (exact) mass is 315 g/mol. The molecule has 2 rings (SSSR count). The number of methoxy groups -OCH3 is 1. The second kappa shape index (κ2) is 7.26. The molecule has 0 aliphatic carbocycles. The van der Waals surface area contributed by atoms with E-state index in [-0.39, 0.29) is 6.54 Å². The topological polar surface area (TPSA) is 78.8 Å². The van der Waals surface area contributed by atoms with Gasteiger partial charge in [-0.25, -0.2) is 4.79 Å². The summed E-state index contributed by atoms with van der Waals surface area (Å²) in [5.74, 6) is -0.353. The Hall–Kier alpha value is -2.37. The van der Waals surface area contributed by atoms with E-state index >= 15 is 0 Å². The van der Waals surface area contributed by atoms with Crippen molar-refractivity contribution in [2.24, 2.45) is 0 Å². The second-order valence-electron chi connectivity index (χ2n) is 5.47. The zero-order chi connectivity index (χ0) is 16.9. The smallest absolute Gasteiger partial charge is 0.328 e. The normalized spacial score (nSPS) is 14.7. The van der Waals surface area contributed by atoms with Crippen molar-refractivity contribution in [1.82, 2.24) is 5.32 Å². The predicted octanol–water partition coefficient (Wildman–Crippen LogP) is 2.32. The average Bonchev–Trinajstić information content (AvgIpc) is 2.60. The molecule has 2 aromatic carbocycles. The van der Waals surface area contributed by atoms with E-state index in [2.05, 4.69) is 5.32 Å². The van der Waals surface area contributed by atoms with Gasteiger partial charge >= 0.3 is 5.97 Å². The molecule has 0 aliphatic heterocycles. The molecule has 23 heavy (non-hydrogen) atoms. The van der Waals surface area contributed by atoms with Crippen LogP contribution in [0.15, 0.2) is 54.6 Å². The minimum absolute atomic E-state index is 0.124. The van der Waals surface area contributed by atoms with E-state index in [9.17, 15) is 15.0 Å². The molecule has 0 fully saturated rings. The summed E-state index contributed by atoms with van der Waals surface area (Å²) in [6.45, 7) is 1.70. The van der Waals surface area contributed by atoms with E-state index in [4.69, 9.17) is 4.74 Å². The quantitative estimate of drug-likeness (QED) is 0.731. The van der Waals surface area contributed by atoms with E-state index in [1.54, 1.807) is 50.4 Å². The van der Waals surface area contributed by atoms with E-state index in [0.717, 1.165) is 5.56 Å². The van der Waals surface area contributed by atoms with Crippen LogP contribution in [0.1, 0.15) is 24.2 Å². The standard InChI is InChI=1S/C18H21NO4/c1-18(17(21)22,14-8-10-15(23-2)11-9-14)19-12-16(20)13-6-4-3-5-7-13/h3-11,16,19-20H,12H2,1-2H3,(H,21,22)/t16-,18-/m0/s1. The van der Waals surface area contributed by atoms with Crippen LogP contribution in [0, 0.1) is 0 Å². The number of benzene rings is 2. The van der Waals surface area contributed by atoms with Crippen LogP contribution < -0.4 is 10.1 Å². The number of nitrogens with one attached hydrogen (secondary N) is 1. The summed E-state index contributed by atoms with van der Waals surface area (Å²) in [7, 11) is 1.56. The maximum atomic E-state index is 11.7. The summed E-state index contributed by atoms with van der Waals surface area (Å²) >= 11 is 0. The first-order chi connectivity index (χ1) is 11.0. The number of carboxylic acids is 1. The van der Waals surface area contributed by atoms with Crippen LogP contribution >= 0.6 is 0 Å². The Morgan fingerprint density at radius 2 is 1.78 bits per heavy atom. The minimum atomic E-state index is -1.30.